The molecule has 0 bridgehead atoms. The first-order chi connectivity index (χ1) is 10.3. The number of hydrogen-bond acceptors (Lipinski definition) is 3. The van der Waals surface area contributed by atoms with E-state index < -0.39 is 0 Å². The van der Waals surface area contributed by atoms with Crippen molar-refractivity contribution in [2.75, 3.05) is 18.5 Å². The van der Waals surface area contributed by atoms with Crippen LogP contribution in [0.25, 0.3) is 0 Å². The summed E-state index contributed by atoms with van der Waals surface area (Å²) in [7, 11) is 0. The molecule has 0 aliphatic carbocycles. The summed E-state index contributed by atoms with van der Waals surface area (Å²) in [5, 5.41) is 5.99. The standard InChI is InChI=1S/C17H20N2O2/c1-14(17(20)19-15-8-4-2-5-9-15)18-12-13-21-16-10-6-3-7-11-16/h2-11,14,18H,12-13H2,1H3,(H,19,20). The number of anilines is 1. The van der Waals surface area contributed by atoms with Gasteiger partial charge < -0.3 is 15.4 Å². The van der Waals surface area contributed by atoms with Crippen molar-refractivity contribution in [3.63, 3.8) is 0 Å². The summed E-state index contributed by atoms with van der Waals surface area (Å²) in [5.41, 5.74) is 0.802. The van der Waals surface area contributed by atoms with E-state index in [1.165, 1.54) is 0 Å². The molecule has 2 aromatic carbocycles. The lowest BCUT2D eigenvalue weighted by Gasteiger charge is -2.14. The first-order valence-electron chi connectivity index (χ1n) is 7.03. The number of rotatable bonds is 7. The second-order valence-corrected chi connectivity index (χ2v) is 4.69. The molecule has 1 atom stereocenters. The highest BCUT2D eigenvalue weighted by molar-refractivity contribution is 5.94. The van der Waals surface area contributed by atoms with Gasteiger partial charge in [0.05, 0.1) is 6.04 Å². The maximum absolute atomic E-state index is 12.0. The number of carbonyl (C=O) groups is 1. The fourth-order valence-corrected chi connectivity index (χ4v) is 1.83. The van der Waals surface area contributed by atoms with E-state index in [4.69, 9.17) is 4.74 Å². The van der Waals surface area contributed by atoms with E-state index in [1.54, 1.807) is 0 Å². The number of benzene rings is 2. The number of carbonyl (C=O) groups excluding carboxylic acids is 1. The molecule has 4 nitrogen and oxygen atoms in total. The molecule has 110 valence electrons. The van der Waals surface area contributed by atoms with Gasteiger partial charge in [-0.3, -0.25) is 4.79 Å². The van der Waals surface area contributed by atoms with Gasteiger partial charge in [-0.15, -0.1) is 0 Å². The Morgan fingerprint density at radius 2 is 1.67 bits per heavy atom. The van der Waals surface area contributed by atoms with Gasteiger partial charge in [-0.05, 0) is 31.2 Å². The topological polar surface area (TPSA) is 50.4 Å². The van der Waals surface area contributed by atoms with Gasteiger partial charge in [0, 0.05) is 12.2 Å². The summed E-state index contributed by atoms with van der Waals surface area (Å²) < 4.78 is 5.56. The molecule has 0 aliphatic heterocycles. The minimum Gasteiger partial charge on any atom is -0.492 e. The van der Waals surface area contributed by atoms with Crippen molar-refractivity contribution in [3.8, 4) is 5.75 Å². The molecule has 4 heteroatoms. The average Bonchev–Trinajstić information content (AvgIpc) is 2.53. The minimum atomic E-state index is -0.274. The van der Waals surface area contributed by atoms with Crippen LogP contribution < -0.4 is 15.4 Å². The largest absolute Gasteiger partial charge is 0.492 e. The third-order valence-electron chi connectivity index (χ3n) is 3.00. The smallest absolute Gasteiger partial charge is 0.241 e. The second-order valence-electron chi connectivity index (χ2n) is 4.69. The second kappa shape index (κ2) is 8.07. The SMILES string of the molecule is CC(NCCOc1ccccc1)C(=O)Nc1ccccc1. The van der Waals surface area contributed by atoms with Crippen LogP contribution in [0.1, 0.15) is 6.92 Å². The Bertz CT molecular complexity index is 543. The Morgan fingerprint density at radius 1 is 1.05 bits per heavy atom. The lowest BCUT2D eigenvalue weighted by atomic mass is 10.2. The maximum atomic E-state index is 12.0. The van der Waals surface area contributed by atoms with Gasteiger partial charge in [-0.1, -0.05) is 36.4 Å². The quantitative estimate of drug-likeness (QED) is 0.769. The highest BCUT2D eigenvalue weighted by atomic mass is 16.5. The van der Waals surface area contributed by atoms with Crippen LogP contribution in [0.2, 0.25) is 0 Å². The van der Waals surface area contributed by atoms with E-state index in [0.717, 1.165) is 11.4 Å². The Labute approximate surface area is 125 Å². The van der Waals surface area contributed by atoms with Crippen molar-refractivity contribution in [1.82, 2.24) is 5.32 Å². The average molecular weight is 284 g/mol. The van der Waals surface area contributed by atoms with Crippen LogP contribution in [0.4, 0.5) is 5.69 Å². The Hall–Kier alpha value is -2.33. The normalized spacial score (nSPS) is 11.7. The molecular formula is C17H20N2O2. The van der Waals surface area contributed by atoms with Crippen molar-refractivity contribution < 1.29 is 9.53 Å². The van der Waals surface area contributed by atoms with Crippen molar-refractivity contribution >= 4 is 11.6 Å². The molecule has 2 rings (SSSR count). The predicted octanol–water partition coefficient (Wildman–Crippen LogP) is 2.68. The first kappa shape index (κ1) is 15.1. The molecule has 1 unspecified atom stereocenters. The summed E-state index contributed by atoms with van der Waals surface area (Å²) in [4.78, 5) is 12.0. The fourth-order valence-electron chi connectivity index (χ4n) is 1.83. The van der Waals surface area contributed by atoms with Gasteiger partial charge in [-0.2, -0.15) is 0 Å². The van der Waals surface area contributed by atoms with Gasteiger partial charge in [0.2, 0.25) is 5.91 Å². The molecule has 0 heterocycles. The van der Waals surface area contributed by atoms with Crippen LogP contribution in [0.5, 0.6) is 5.75 Å². The molecule has 0 radical (unpaired) electrons. The molecule has 0 saturated carbocycles. The monoisotopic (exact) mass is 284 g/mol. The number of para-hydroxylation sites is 2. The lowest BCUT2D eigenvalue weighted by molar-refractivity contribution is -0.117. The summed E-state index contributed by atoms with van der Waals surface area (Å²) in [6.07, 6.45) is 0. The van der Waals surface area contributed by atoms with Gasteiger partial charge in [-0.25, -0.2) is 0 Å². The summed E-state index contributed by atoms with van der Waals surface area (Å²) in [6, 6.07) is 18.8. The fraction of sp³-hybridized carbons (Fsp3) is 0.235. The number of hydrogen-bond donors (Lipinski definition) is 2. The van der Waals surface area contributed by atoms with Crippen molar-refractivity contribution in [2.45, 2.75) is 13.0 Å². The van der Waals surface area contributed by atoms with Crippen molar-refractivity contribution in [1.29, 1.82) is 0 Å². The van der Waals surface area contributed by atoms with E-state index in [1.807, 2.05) is 67.6 Å². The molecule has 0 aliphatic rings. The number of ether oxygens (including phenoxy) is 1. The van der Waals surface area contributed by atoms with Crippen LogP contribution >= 0.6 is 0 Å². The molecule has 0 saturated heterocycles. The van der Waals surface area contributed by atoms with Crippen LogP contribution in [0, 0.1) is 0 Å². The van der Waals surface area contributed by atoms with Crippen molar-refractivity contribution in [2.24, 2.45) is 0 Å². The predicted molar refractivity (Wildman–Crippen MR) is 84.5 cm³/mol. The van der Waals surface area contributed by atoms with E-state index in [2.05, 4.69) is 10.6 Å². The Balaban J connectivity index is 1.67. The summed E-state index contributed by atoms with van der Waals surface area (Å²) in [6.45, 7) is 2.96. The first-order valence-corrected chi connectivity index (χ1v) is 7.03. The molecule has 2 aromatic rings. The molecule has 0 aromatic heterocycles. The zero-order chi connectivity index (χ0) is 14.9. The lowest BCUT2D eigenvalue weighted by Crippen LogP contribution is -2.39. The zero-order valence-electron chi connectivity index (χ0n) is 12.1. The highest BCUT2D eigenvalue weighted by Crippen LogP contribution is 2.07. The van der Waals surface area contributed by atoms with E-state index in [0.29, 0.717) is 13.2 Å². The molecule has 1 amide bonds. The highest BCUT2D eigenvalue weighted by Gasteiger charge is 2.11. The van der Waals surface area contributed by atoms with E-state index in [9.17, 15) is 4.79 Å². The van der Waals surface area contributed by atoms with Crippen LogP contribution in [-0.2, 0) is 4.79 Å². The number of nitrogens with one attached hydrogen (secondary N) is 2. The summed E-state index contributed by atoms with van der Waals surface area (Å²) >= 11 is 0. The third kappa shape index (κ3) is 5.28. The maximum Gasteiger partial charge on any atom is 0.241 e. The van der Waals surface area contributed by atoms with E-state index >= 15 is 0 Å². The zero-order valence-corrected chi connectivity index (χ0v) is 12.1. The summed E-state index contributed by atoms with van der Waals surface area (Å²) in [5.74, 6) is 0.779. The molecular weight excluding hydrogens is 264 g/mol. The molecule has 21 heavy (non-hydrogen) atoms. The van der Waals surface area contributed by atoms with Gasteiger partial charge in [0.25, 0.3) is 0 Å². The molecule has 0 spiro atoms. The van der Waals surface area contributed by atoms with Gasteiger partial charge >= 0.3 is 0 Å². The van der Waals surface area contributed by atoms with Crippen LogP contribution in [0.15, 0.2) is 60.7 Å². The van der Waals surface area contributed by atoms with Crippen molar-refractivity contribution in [3.05, 3.63) is 60.7 Å². The Morgan fingerprint density at radius 3 is 2.33 bits per heavy atom. The van der Waals surface area contributed by atoms with Crippen LogP contribution in [0.3, 0.4) is 0 Å². The molecule has 0 fully saturated rings. The van der Waals surface area contributed by atoms with Gasteiger partial charge in [0.15, 0.2) is 0 Å². The molecule has 2 N–H and O–H groups in total. The van der Waals surface area contributed by atoms with Gasteiger partial charge in [0.1, 0.15) is 12.4 Å². The number of amides is 1. The Kier molecular flexibility index (Phi) is 5.79. The van der Waals surface area contributed by atoms with E-state index in [-0.39, 0.29) is 11.9 Å². The van der Waals surface area contributed by atoms with Crippen LogP contribution in [-0.4, -0.2) is 25.1 Å². The third-order valence-corrected chi connectivity index (χ3v) is 3.00. The minimum absolute atomic E-state index is 0.0547.